The Morgan fingerprint density at radius 3 is 2.41 bits per heavy atom. The Hall–Kier alpha value is -2.62. The Morgan fingerprint density at radius 2 is 1.78 bits per heavy atom. The molecule has 5 rings (SSSR count). The van der Waals surface area contributed by atoms with Gasteiger partial charge in [0, 0.05) is 7.05 Å². The van der Waals surface area contributed by atoms with E-state index in [4.69, 9.17) is 10.7 Å². The van der Waals surface area contributed by atoms with Crippen LogP contribution in [0.1, 0.15) is 49.1 Å². The van der Waals surface area contributed by atoms with Gasteiger partial charge in [0.25, 0.3) is 5.91 Å². The molecule has 2 aliphatic carbocycles. The second-order valence-electron chi connectivity index (χ2n) is 8.32. The van der Waals surface area contributed by atoms with Crippen molar-refractivity contribution in [2.75, 3.05) is 7.05 Å². The first-order valence-corrected chi connectivity index (χ1v) is 9.91. The highest BCUT2D eigenvalue weighted by Gasteiger charge is 2.50. The summed E-state index contributed by atoms with van der Waals surface area (Å²) in [5.41, 5.74) is 9.91. The van der Waals surface area contributed by atoms with Gasteiger partial charge >= 0.3 is 0 Å². The van der Waals surface area contributed by atoms with Crippen LogP contribution in [0.5, 0.6) is 0 Å². The van der Waals surface area contributed by atoms with E-state index in [1.165, 1.54) is 41.7 Å². The molecule has 2 aromatic carbocycles. The van der Waals surface area contributed by atoms with Gasteiger partial charge < -0.3 is 5.73 Å². The molecule has 3 aliphatic rings. The molecule has 27 heavy (non-hydrogen) atoms. The molecule has 1 aliphatic heterocycles. The van der Waals surface area contributed by atoms with Crippen molar-refractivity contribution >= 4 is 11.9 Å². The van der Waals surface area contributed by atoms with Crippen LogP contribution in [0.25, 0.3) is 11.1 Å². The Balaban J connectivity index is 1.57. The minimum Gasteiger partial charge on any atom is -0.369 e. The zero-order chi connectivity index (χ0) is 18.6. The van der Waals surface area contributed by atoms with Crippen LogP contribution in [0, 0.1) is 5.92 Å². The minimum absolute atomic E-state index is 0.00391. The smallest absolute Gasteiger partial charge is 0.261 e. The van der Waals surface area contributed by atoms with Gasteiger partial charge in [-0.2, -0.15) is 0 Å². The van der Waals surface area contributed by atoms with E-state index >= 15 is 0 Å². The summed E-state index contributed by atoms with van der Waals surface area (Å²) >= 11 is 0. The molecule has 4 nitrogen and oxygen atoms in total. The zero-order valence-electron chi connectivity index (χ0n) is 15.7. The van der Waals surface area contributed by atoms with Gasteiger partial charge in [0.05, 0.1) is 0 Å². The predicted molar refractivity (Wildman–Crippen MR) is 107 cm³/mol. The van der Waals surface area contributed by atoms with E-state index in [1.54, 1.807) is 7.05 Å². The summed E-state index contributed by atoms with van der Waals surface area (Å²) in [7, 11) is 1.72. The average Bonchev–Trinajstić information content (AvgIpc) is 3.60. The molecule has 2 aromatic rings. The van der Waals surface area contributed by atoms with E-state index < -0.39 is 5.54 Å². The standard InChI is InChI=1S/C23H25N3O/c1-26-21(27)23(25-22(26)24,14-15-8-9-15)20-7-3-6-19(13-20)18-5-2-4-17(12-18)16-10-11-16/h2-7,12-13,15-16H,8-11,14H2,1H3,(H2,24,25). The molecule has 2 N–H and O–H groups in total. The topological polar surface area (TPSA) is 58.7 Å². The molecule has 0 aromatic heterocycles. The fourth-order valence-corrected chi connectivity index (χ4v) is 4.22. The first-order chi connectivity index (χ1) is 13.1. The van der Waals surface area contributed by atoms with Gasteiger partial charge in [-0.25, -0.2) is 4.99 Å². The Labute approximate surface area is 160 Å². The maximum absolute atomic E-state index is 13.1. The van der Waals surface area contributed by atoms with Crippen molar-refractivity contribution in [1.82, 2.24) is 4.90 Å². The summed E-state index contributed by atoms with van der Waals surface area (Å²) in [5.74, 6) is 1.61. The minimum atomic E-state index is -0.857. The molecule has 1 amide bonds. The van der Waals surface area contributed by atoms with Crippen LogP contribution >= 0.6 is 0 Å². The fraction of sp³-hybridized carbons (Fsp3) is 0.391. The van der Waals surface area contributed by atoms with Crippen LogP contribution in [0.4, 0.5) is 0 Å². The number of nitrogens with zero attached hydrogens (tertiary/aromatic N) is 2. The number of rotatable bonds is 5. The lowest BCUT2D eigenvalue weighted by molar-refractivity contribution is -0.131. The van der Waals surface area contributed by atoms with Gasteiger partial charge in [-0.3, -0.25) is 9.69 Å². The van der Waals surface area contributed by atoms with E-state index in [1.807, 2.05) is 12.1 Å². The lowest BCUT2D eigenvalue weighted by Crippen LogP contribution is -2.40. The summed E-state index contributed by atoms with van der Waals surface area (Å²) in [6, 6.07) is 17.1. The van der Waals surface area contributed by atoms with Crippen LogP contribution < -0.4 is 5.73 Å². The summed E-state index contributed by atoms with van der Waals surface area (Å²) in [4.78, 5) is 19.3. The number of amides is 1. The number of benzene rings is 2. The number of nitrogens with two attached hydrogens (primary N) is 1. The van der Waals surface area contributed by atoms with Gasteiger partial charge in [-0.1, -0.05) is 55.3 Å². The lowest BCUT2D eigenvalue weighted by atomic mass is 9.83. The molecule has 1 atom stereocenters. The van der Waals surface area contributed by atoms with Crippen LogP contribution in [0.15, 0.2) is 53.5 Å². The van der Waals surface area contributed by atoms with Crippen molar-refractivity contribution in [3.05, 3.63) is 59.7 Å². The van der Waals surface area contributed by atoms with Crippen LogP contribution in [-0.2, 0) is 10.3 Å². The van der Waals surface area contributed by atoms with Gasteiger partial charge in [-0.05, 0) is 59.4 Å². The SMILES string of the molecule is CN1C(=O)C(CC2CC2)(c2cccc(-c3cccc(C4CC4)c3)c2)N=C1N. The maximum atomic E-state index is 13.1. The largest absolute Gasteiger partial charge is 0.369 e. The number of likely N-dealkylation sites (N-methyl/N-ethyl adjacent to an activating group) is 1. The quantitative estimate of drug-likeness (QED) is 0.877. The van der Waals surface area contributed by atoms with Crippen molar-refractivity contribution < 1.29 is 4.79 Å². The summed E-state index contributed by atoms with van der Waals surface area (Å²) in [5, 5.41) is 0. The first kappa shape index (κ1) is 16.5. The summed E-state index contributed by atoms with van der Waals surface area (Å²) in [6.07, 6.45) is 5.70. The highest BCUT2D eigenvalue weighted by molar-refractivity contribution is 6.07. The molecular weight excluding hydrogens is 334 g/mol. The van der Waals surface area contributed by atoms with Crippen LogP contribution in [0.3, 0.4) is 0 Å². The molecule has 1 unspecified atom stereocenters. The third kappa shape index (κ3) is 2.84. The normalized spacial score (nSPS) is 25.0. The van der Waals surface area contributed by atoms with E-state index in [0.717, 1.165) is 23.5 Å². The highest BCUT2D eigenvalue weighted by atomic mass is 16.2. The number of guanidine groups is 1. The van der Waals surface area contributed by atoms with E-state index in [2.05, 4.69) is 36.4 Å². The van der Waals surface area contributed by atoms with Crippen molar-refractivity contribution in [1.29, 1.82) is 0 Å². The molecule has 0 saturated heterocycles. The maximum Gasteiger partial charge on any atom is 0.261 e. The predicted octanol–water partition coefficient (Wildman–Crippen LogP) is 4.01. The third-order valence-corrected chi connectivity index (χ3v) is 6.20. The zero-order valence-corrected chi connectivity index (χ0v) is 15.7. The summed E-state index contributed by atoms with van der Waals surface area (Å²) < 4.78 is 0. The molecule has 0 radical (unpaired) electrons. The van der Waals surface area contributed by atoms with Gasteiger partial charge in [0.15, 0.2) is 11.5 Å². The molecule has 138 valence electrons. The fourth-order valence-electron chi connectivity index (χ4n) is 4.22. The van der Waals surface area contributed by atoms with Crippen molar-refractivity contribution in [3.63, 3.8) is 0 Å². The Bertz CT molecular complexity index is 942. The number of hydrogen-bond acceptors (Lipinski definition) is 3. The molecule has 1 heterocycles. The van der Waals surface area contributed by atoms with E-state index in [0.29, 0.717) is 11.9 Å². The van der Waals surface area contributed by atoms with E-state index in [-0.39, 0.29) is 5.91 Å². The van der Waals surface area contributed by atoms with Crippen molar-refractivity contribution in [3.8, 4) is 11.1 Å². The highest BCUT2D eigenvalue weighted by Crippen LogP contribution is 2.46. The monoisotopic (exact) mass is 359 g/mol. The molecule has 0 bridgehead atoms. The van der Waals surface area contributed by atoms with Gasteiger partial charge in [0.2, 0.25) is 0 Å². The second kappa shape index (κ2) is 5.95. The molecule has 2 fully saturated rings. The molecule has 4 heteroatoms. The van der Waals surface area contributed by atoms with Crippen molar-refractivity contribution in [2.24, 2.45) is 16.6 Å². The molecular formula is C23H25N3O. The first-order valence-electron chi connectivity index (χ1n) is 9.91. The van der Waals surface area contributed by atoms with E-state index in [9.17, 15) is 4.79 Å². The number of carbonyl (C=O) groups is 1. The Morgan fingerprint density at radius 1 is 1.07 bits per heavy atom. The molecule has 2 saturated carbocycles. The second-order valence-corrected chi connectivity index (χ2v) is 8.32. The lowest BCUT2D eigenvalue weighted by Gasteiger charge is -2.26. The number of aliphatic imine (C=N–C) groups is 1. The van der Waals surface area contributed by atoms with Crippen molar-refractivity contribution in [2.45, 2.75) is 43.6 Å². The Kier molecular flexibility index (Phi) is 3.64. The number of hydrogen-bond donors (Lipinski definition) is 1. The van der Waals surface area contributed by atoms with Crippen LogP contribution in [0.2, 0.25) is 0 Å². The number of carbonyl (C=O) groups excluding carboxylic acids is 1. The average molecular weight is 359 g/mol. The third-order valence-electron chi connectivity index (χ3n) is 6.20. The van der Waals surface area contributed by atoms with Gasteiger partial charge in [0.1, 0.15) is 0 Å². The van der Waals surface area contributed by atoms with Crippen LogP contribution in [-0.4, -0.2) is 23.8 Å². The molecule has 0 spiro atoms. The van der Waals surface area contributed by atoms with Gasteiger partial charge in [-0.15, -0.1) is 0 Å². The summed E-state index contributed by atoms with van der Waals surface area (Å²) in [6.45, 7) is 0.